The number of ketones is 1. The van der Waals surface area contributed by atoms with Crippen LogP contribution in [0.4, 0.5) is 0 Å². The van der Waals surface area contributed by atoms with Gasteiger partial charge >= 0.3 is 5.97 Å². The van der Waals surface area contributed by atoms with E-state index >= 15 is 0 Å². The van der Waals surface area contributed by atoms with Crippen LogP contribution in [0.3, 0.4) is 0 Å². The van der Waals surface area contributed by atoms with E-state index < -0.39 is 5.97 Å². The molecule has 0 N–H and O–H groups in total. The molecule has 0 amide bonds. The molecular formula is C22H18O4. The van der Waals surface area contributed by atoms with Crippen LogP contribution in [0.15, 0.2) is 71.4 Å². The highest BCUT2D eigenvalue weighted by molar-refractivity contribution is 6.09. The molecule has 130 valence electrons. The number of carbonyl (C=O) groups excluding carboxylic acids is 2. The van der Waals surface area contributed by atoms with E-state index in [2.05, 4.69) is 0 Å². The van der Waals surface area contributed by atoms with Gasteiger partial charge < -0.3 is 9.15 Å². The molecule has 0 bridgehead atoms. The summed E-state index contributed by atoms with van der Waals surface area (Å²) in [5.74, 6) is -0.596. The molecule has 1 aromatic heterocycles. The first kappa shape index (κ1) is 17.4. The summed E-state index contributed by atoms with van der Waals surface area (Å²) in [5.41, 5.74) is 3.30. The van der Waals surface area contributed by atoms with E-state index in [1.807, 2.05) is 38.1 Å². The van der Waals surface area contributed by atoms with Crippen LogP contribution in [0, 0.1) is 13.8 Å². The fourth-order valence-corrected chi connectivity index (χ4v) is 2.41. The number of esters is 1. The first-order valence-corrected chi connectivity index (χ1v) is 8.18. The highest BCUT2D eigenvalue weighted by Crippen LogP contribution is 2.23. The maximum atomic E-state index is 12.6. The van der Waals surface area contributed by atoms with Crippen LogP contribution < -0.4 is 4.74 Å². The molecule has 0 saturated heterocycles. The minimum Gasteiger partial charge on any atom is -0.457 e. The number of allylic oxidation sites excluding steroid dienone is 1. The number of ether oxygens (including phenoxy) is 1. The molecule has 0 spiro atoms. The van der Waals surface area contributed by atoms with E-state index in [0.717, 1.165) is 16.7 Å². The molecule has 3 rings (SSSR count). The molecule has 0 atom stereocenters. The fourth-order valence-electron chi connectivity index (χ4n) is 2.41. The molecule has 4 heteroatoms. The molecule has 0 aliphatic rings. The van der Waals surface area contributed by atoms with Crippen molar-refractivity contribution < 1.29 is 18.7 Å². The number of furan rings is 1. The smallest absolute Gasteiger partial charge is 0.379 e. The van der Waals surface area contributed by atoms with Gasteiger partial charge in [-0.25, -0.2) is 4.79 Å². The molecule has 0 aliphatic carbocycles. The Hall–Kier alpha value is -3.40. The predicted octanol–water partition coefficient (Wildman–Crippen LogP) is 5.01. The van der Waals surface area contributed by atoms with Crippen LogP contribution >= 0.6 is 0 Å². The van der Waals surface area contributed by atoms with Gasteiger partial charge in [-0.15, -0.1) is 0 Å². The Morgan fingerprint density at radius 2 is 1.69 bits per heavy atom. The van der Waals surface area contributed by atoms with E-state index in [-0.39, 0.29) is 17.3 Å². The van der Waals surface area contributed by atoms with Gasteiger partial charge in [0.25, 0.3) is 0 Å². The Morgan fingerprint density at radius 3 is 2.38 bits per heavy atom. The Balaban J connectivity index is 1.83. The van der Waals surface area contributed by atoms with E-state index in [1.54, 1.807) is 30.3 Å². The van der Waals surface area contributed by atoms with Crippen molar-refractivity contribution >= 4 is 17.8 Å². The number of rotatable bonds is 5. The highest BCUT2D eigenvalue weighted by atomic mass is 16.5. The van der Waals surface area contributed by atoms with Gasteiger partial charge in [-0.2, -0.15) is 0 Å². The fraction of sp³-hybridized carbons (Fsp3) is 0.0909. The molecule has 0 saturated carbocycles. The molecule has 0 unspecified atom stereocenters. The van der Waals surface area contributed by atoms with Crippen molar-refractivity contribution in [1.82, 2.24) is 0 Å². The second-order valence-electron chi connectivity index (χ2n) is 5.97. The molecular weight excluding hydrogens is 328 g/mol. The lowest BCUT2D eigenvalue weighted by Crippen LogP contribution is -2.10. The summed E-state index contributed by atoms with van der Waals surface area (Å²) in [7, 11) is 0. The van der Waals surface area contributed by atoms with Gasteiger partial charge in [0.05, 0.1) is 11.8 Å². The predicted molar refractivity (Wildman–Crippen MR) is 99.4 cm³/mol. The lowest BCUT2D eigenvalue weighted by atomic mass is 10.0. The van der Waals surface area contributed by atoms with E-state index in [0.29, 0.717) is 5.56 Å². The monoisotopic (exact) mass is 346 g/mol. The van der Waals surface area contributed by atoms with Gasteiger partial charge in [0.15, 0.2) is 5.78 Å². The summed E-state index contributed by atoms with van der Waals surface area (Å²) in [4.78, 5) is 24.7. The van der Waals surface area contributed by atoms with Crippen LogP contribution in [0.5, 0.6) is 5.75 Å². The van der Waals surface area contributed by atoms with Crippen molar-refractivity contribution in [2.45, 2.75) is 13.8 Å². The largest absolute Gasteiger partial charge is 0.457 e. The lowest BCUT2D eigenvalue weighted by molar-refractivity contribution is 0.0699. The first-order chi connectivity index (χ1) is 12.5. The average Bonchev–Trinajstić information content (AvgIpc) is 3.17. The van der Waals surface area contributed by atoms with Gasteiger partial charge in [-0.1, -0.05) is 47.5 Å². The zero-order valence-electron chi connectivity index (χ0n) is 14.6. The normalized spacial score (nSPS) is 10.8. The third-order valence-electron chi connectivity index (χ3n) is 3.83. The van der Waals surface area contributed by atoms with Crippen LogP contribution in [0.1, 0.15) is 37.6 Å². The minimum absolute atomic E-state index is 0.0826. The number of hydrogen-bond donors (Lipinski definition) is 0. The standard InChI is InChI=1S/C22H18O4/c1-15-5-8-17(9-6-15)10-11-19(23)18-14-16(2)7-12-20(18)26-22(24)21-4-3-13-25-21/h3-14H,1-2H3. The van der Waals surface area contributed by atoms with Crippen LogP contribution in [0.2, 0.25) is 0 Å². The van der Waals surface area contributed by atoms with Crippen LogP contribution in [-0.2, 0) is 0 Å². The Morgan fingerprint density at radius 1 is 0.962 bits per heavy atom. The molecule has 4 nitrogen and oxygen atoms in total. The van der Waals surface area contributed by atoms with E-state index in [9.17, 15) is 9.59 Å². The second kappa shape index (κ2) is 7.66. The van der Waals surface area contributed by atoms with Gasteiger partial charge in [0, 0.05) is 0 Å². The van der Waals surface area contributed by atoms with Gasteiger partial charge in [0.2, 0.25) is 5.76 Å². The maximum absolute atomic E-state index is 12.6. The third-order valence-corrected chi connectivity index (χ3v) is 3.83. The van der Waals surface area contributed by atoms with Crippen molar-refractivity contribution in [3.63, 3.8) is 0 Å². The van der Waals surface area contributed by atoms with Crippen LogP contribution in [-0.4, -0.2) is 11.8 Å². The molecule has 3 aromatic rings. The van der Waals surface area contributed by atoms with Crippen LogP contribution in [0.25, 0.3) is 6.08 Å². The van der Waals surface area contributed by atoms with Crippen molar-refractivity contribution in [1.29, 1.82) is 0 Å². The summed E-state index contributed by atoms with van der Waals surface area (Å²) >= 11 is 0. The minimum atomic E-state index is -0.643. The van der Waals surface area contributed by atoms with Crippen molar-refractivity contribution in [2.24, 2.45) is 0 Å². The molecule has 26 heavy (non-hydrogen) atoms. The third kappa shape index (κ3) is 4.16. The van der Waals surface area contributed by atoms with Gasteiger partial charge in [0.1, 0.15) is 5.75 Å². The number of benzene rings is 2. The molecule has 0 aliphatic heterocycles. The van der Waals surface area contributed by atoms with Gasteiger partial charge in [-0.3, -0.25) is 4.79 Å². The summed E-state index contributed by atoms with van der Waals surface area (Å²) < 4.78 is 10.4. The maximum Gasteiger partial charge on any atom is 0.379 e. The first-order valence-electron chi connectivity index (χ1n) is 8.18. The quantitative estimate of drug-likeness (QED) is 0.282. The summed E-state index contributed by atoms with van der Waals surface area (Å²) in [6.45, 7) is 3.88. The summed E-state index contributed by atoms with van der Waals surface area (Å²) in [5, 5.41) is 0. The molecule has 2 aromatic carbocycles. The molecule has 1 heterocycles. The van der Waals surface area contributed by atoms with E-state index in [4.69, 9.17) is 9.15 Å². The highest BCUT2D eigenvalue weighted by Gasteiger charge is 2.17. The van der Waals surface area contributed by atoms with Crippen molar-refractivity contribution in [3.8, 4) is 5.75 Å². The Labute approximate surface area is 151 Å². The topological polar surface area (TPSA) is 56.5 Å². The Bertz CT molecular complexity index is 948. The van der Waals surface area contributed by atoms with Crippen molar-refractivity contribution in [2.75, 3.05) is 0 Å². The SMILES string of the molecule is Cc1ccc(C=CC(=O)c2cc(C)ccc2OC(=O)c2ccco2)cc1. The summed E-state index contributed by atoms with van der Waals surface area (Å²) in [6.07, 6.45) is 4.61. The van der Waals surface area contributed by atoms with E-state index in [1.165, 1.54) is 18.4 Å². The average molecular weight is 346 g/mol. The number of aryl methyl sites for hydroxylation is 2. The number of carbonyl (C=O) groups is 2. The second-order valence-corrected chi connectivity index (χ2v) is 5.97. The van der Waals surface area contributed by atoms with Crippen molar-refractivity contribution in [3.05, 3.63) is 95.0 Å². The molecule has 0 radical (unpaired) electrons. The lowest BCUT2D eigenvalue weighted by Gasteiger charge is -2.08. The number of hydrogen-bond acceptors (Lipinski definition) is 4. The Kier molecular flexibility index (Phi) is 5.13. The van der Waals surface area contributed by atoms with Gasteiger partial charge in [-0.05, 0) is 49.8 Å². The summed E-state index contributed by atoms with van der Waals surface area (Å²) in [6, 6.07) is 16.0. The molecule has 0 fully saturated rings. The zero-order chi connectivity index (χ0) is 18.5. The zero-order valence-corrected chi connectivity index (χ0v) is 14.6.